The number of rotatable bonds is 4. The Morgan fingerprint density at radius 1 is 1.15 bits per heavy atom. The molecule has 1 N–H and O–H groups in total. The van der Waals surface area contributed by atoms with Crippen molar-refractivity contribution in [2.45, 2.75) is 13.0 Å². The van der Waals surface area contributed by atoms with E-state index in [1.807, 2.05) is 6.92 Å². The van der Waals surface area contributed by atoms with Crippen molar-refractivity contribution in [2.24, 2.45) is 0 Å². The molecular weight excluding hydrogens is 348 g/mol. The lowest BCUT2D eigenvalue weighted by Crippen LogP contribution is -2.23. The molecule has 0 fully saturated rings. The summed E-state index contributed by atoms with van der Waals surface area (Å²) in [5.41, 5.74) is 0.956. The Bertz CT molecular complexity index is 619. The average Bonchev–Trinajstić information content (AvgIpc) is 2.40. The fraction of sp³-hybridized carbons (Fsp3) is 0.200. The maximum Gasteiger partial charge on any atom is 0.129 e. The van der Waals surface area contributed by atoms with Crippen LogP contribution in [0.1, 0.15) is 24.1 Å². The maximum absolute atomic E-state index is 14.1. The third-order valence-electron chi connectivity index (χ3n) is 2.95. The van der Waals surface area contributed by atoms with Gasteiger partial charge in [-0.1, -0.05) is 40.5 Å². The van der Waals surface area contributed by atoms with Gasteiger partial charge in [-0.3, -0.25) is 0 Å². The van der Waals surface area contributed by atoms with Crippen LogP contribution in [0.2, 0.25) is 5.02 Å². The van der Waals surface area contributed by atoms with E-state index in [9.17, 15) is 8.78 Å². The molecule has 1 atom stereocenters. The van der Waals surface area contributed by atoms with Gasteiger partial charge in [-0.2, -0.15) is 0 Å². The van der Waals surface area contributed by atoms with E-state index in [2.05, 4.69) is 21.2 Å². The van der Waals surface area contributed by atoms with E-state index in [0.29, 0.717) is 27.2 Å². The summed E-state index contributed by atoms with van der Waals surface area (Å²) in [5, 5.41) is 3.54. The van der Waals surface area contributed by atoms with Crippen molar-refractivity contribution < 1.29 is 8.78 Å². The van der Waals surface area contributed by atoms with E-state index < -0.39 is 11.9 Å². The Labute approximate surface area is 130 Å². The van der Waals surface area contributed by atoms with Crippen molar-refractivity contribution in [3.63, 3.8) is 0 Å². The summed E-state index contributed by atoms with van der Waals surface area (Å²) in [6.45, 7) is 2.50. The van der Waals surface area contributed by atoms with Gasteiger partial charge in [0.15, 0.2) is 0 Å². The van der Waals surface area contributed by atoms with Crippen LogP contribution in [0.4, 0.5) is 8.78 Å². The summed E-state index contributed by atoms with van der Waals surface area (Å²) in [6, 6.07) is 8.39. The molecule has 0 saturated carbocycles. The molecule has 2 aromatic carbocycles. The van der Waals surface area contributed by atoms with Gasteiger partial charge >= 0.3 is 0 Å². The summed E-state index contributed by atoms with van der Waals surface area (Å²) in [6.07, 6.45) is 0. The van der Waals surface area contributed by atoms with Crippen molar-refractivity contribution in [1.29, 1.82) is 0 Å². The number of hydrogen-bond acceptors (Lipinski definition) is 1. The summed E-state index contributed by atoms with van der Waals surface area (Å²) in [4.78, 5) is 0. The van der Waals surface area contributed by atoms with Crippen LogP contribution in [0, 0.1) is 11.6 Å². The Morgan fingerprint density at radius 2 is 1.90 bits per heavy atom. The zero-order chi connectivity index (χ0) is 14.7. The number of benzene rings is 2. The molecule has 1 nitrogen and oxygen atoms in total. The molecule has 0 aliphatic rings. The third kappa shape index (κ3) is 3.37. The molecule has 0 spiro atoms. The molecule has 0 aliphatic heterocycles. The molecule has 2 rings (SSSR count). The van der Waals surface area contributed by atoms with Crippen LogP contribution < -0.4 is 5.32 Å². The van der Waals surface area contributed by atoms with Crippen molar-refractivity contribution in [1.82, 2.24) is 5.32 Å². The standard InChI is InChI=1S/C15H13BrClF2N/c1-2-20-15(11-5-3-9(16)7-14(11)19)12-8-10(18)4-6-13(12)17/h3-8,15,20H,2H2,1H3. The van der Waals surface area contributed by atoms with Gasteiger partial charge in [-0.25, -0.2) is 8.78 Å². The van der Waals surface area contributed by atoms with Crippen LogP contribution in [0.3, 0.4) is 0 Å². The number of nitrogens with one attached hydrogen (secondary N) is 1. The molecule has 2 aromatic rings. The monoisotopic (exact) mass is 359 g/mol. The highest BCUT2D eigenvalue weighted by Crippen LogP contribution is 2.31. The second-order valence-electron chi connectivity index (χ2n) is 4.32. The van der Waals surface area contributed by atoms with Gasteiger partial charge in [0.2, 0.25) is 0 Å². The van der Waals surface area contributed by atoms with Crippen molar-refractivity contribution in [3.8, 4) is 0 Å². The molecule has 1 unspecified atom stereocenters. The van der Waals surface area contributed by atoms with Crippen molar-refractivity contribution >= 4 is 27.5 Å². The van der Waals surface area contributed by atoms with Crippen LogP contribution in [-0.2, 0) is 0 Å². The first-order valence-electron chi connectivity index (χ1n) is 6.16. The van der Waals surface area contributed by atoms with Gasteiger partial charge in [-0.05, 0) is 42.4 Å². The highest BCUT2D eigenvalue weighted by molar-refractivity contribution is 9.10. The summed E-state index contributed by atoms with van der Waals surface area (Å²) in [7, 11) is 0. The van der Waals surface area contributed by atoms with Gasteiger partial charge in [0.05, 0.1) is 6.04 Å². The Kier molecular flexibility index (Phi) is 5.13. The first-order chi connectivity index (χ1) is 9.52. The van der Waals surface area contributed by atoms with E-state index in [-0.39, 0.29) is 5.82 Å². The molecule has 0 aliphatic carbocycles. The number of halogens is 4. The molecule has 0 radical (unpaired) electrons. The SMILES string of the molecule is CCNC(c1ccc(Br)cc1F)c1cc(F)ccc1Cl. The van der Waals surface area contributed by atoms with Gasteiger partial charge in [-0.15, -0.1) is 0 Å². The molecule has 5 heteroatoms. The highest BCUT2D eigenvalue weighted by Gasteiger charge is 2.20. The molecule has 0 bridgehead atoms. The summed E-state index contributed by atoms with van der Waals surface area (Å²) >= 11 is 9.34. The Balaban J connectivity index is 2.53. The van der Waals surface area contributed by atoms with Crippen molar-refractivity contribution in [3.05, 3.63) is 68.7 Å². The van der Waals surface area contributed by atoms with E-state index >= 15 is 0 Å². The predicted molar refractivity (Wildman–Crippen MR) is 81.0 cm³/mol. The van der Waals surface area contributed by atoms with Crippen LogP contribution in [0.5, 0.6) is 0 Å². The maximum atomic E-state index is 14.1. The fourth-order valence-corrected chi connectivity index (χ4v) is 2.62. The lowest BCUT2D eigenvalue weighted by atomic mass is 9.98. The zero-order valence-corrected chi connectivity index (χ0v) is 13.1. The van der Waals surface area contributed by atoms with E-state index in [0.717, 1.165) is 0 Å². The first-order valence-corrected chi connectivity index (χ1v) is 7.33. The van der Waals surface area contributed by atoms with Crippen LogP contribution in [0.15, 0.2) is 40.9 Å². The Morgan fingerprint density at radius 3 is 2.55 bits per heavy atom. The summed E-state index contributed by atoms with van der Waals surface area (Å²) < 4.78 is 28.2. The smallest absolute Gasteiger partial charge is 0.129 e. The highest BCUT2D eigenvalue weighted by atomic mass is 79.9. The quantitative estimate of drug-likeness (QED) is 0.802. The average molecular weight is 361 g/mol. The second-order valence-corrected chi connectivity index (χ2v) is 5.65. The van der Waals surface area contributed by atoms with E-state index in [1.165, 1.54) is 24.3 Å². The molecule has 20 heavy (non-hydrogen) atoms. The van der Waals surface area contributed by atoms with Gasteiger partial charge in [0.25, 0.3) is 0 Å². The molecule has 0 amide bonds. The molecule has 0 heterocycles. The fourth-order valence-electron chi connectivity index (χ4n) is 2.06. The van der Waals surface area contributed by atoms with Crippen molar-refractivity contribution in [2.75, 3.05) is 6.54 Å². The first kappa shape index (κ1) is 15.4. The van der Waals surface area contributed by atoms with Crippen LogP contribution in [-0.4, -0.2) is 6.54 Å². The minimum atomic E-state index is -0.490. The molecular formula is C15H13BrClF2N. The molecule has 106 valence electrons. The van der Waals surface area contributed by atoms with Gasteiger partial charge < -0.3 is 5.32 Å². The largest absolute Gasteiger partial charge is 0.306 e. The lowest BCUT2D eigenvalue weighted by Gasteiger charge is -2.21. The topological polar surface area (TPSA) is 12.0 Å². The van der Waals surface area contributed by atoms with Crippen LogP contribution in [0.25, 0.3) is 0 Å². The van der Waals surface area contributed by atoms with Gasteiger partial charge in [0, 0.05) is 15.1 Å². The van der Waals surface area contributed by atoms with E-state index in [4.69, 9.17) is 11.6 Å². The minimum Gasteiger partial charge on any atom is -0.306 e. The lowest BCUT2D eigenvalue weighted by molar-refractivity contribution is 0.554. The second kappa shape index (κ2) is 6.66. The normalized spacial score (nSPS) is 12.4. The summed E-state index contributed by atoms with van der Waals surface area (Å²) in [5.74, 6) is -0.768. The Hall–Kier alpha value is -0.970. The minimum absolute atomic E-state index is 0.370. The molecule has 0 saturated heterocycles. The number of hydrogen-bond donors (Lipinski definition) is 1. The third-order valence-corrected chi connectivity index (χ3v) is 3.79. The predicted octanol–water partition coefficient (Wildman–Crippen LogP) is 5.08. The van der Waals surface area contributed by atoms with E-state index in [1.54, 1.807) is 12.1 Å². The zero-order valence-electron chi connectivity index (χ0n) is 10.8. The van der Waals surface area contributed by atoms with Crippen LogP contribution >= 0.6 is 27.5 Å². The molecule has 0 aromatic heterocycles. The van der Waals surface area contributed by atoms with Gasteiger partial charge in [0.1, 0.15) is 11.6 Å².